The summed E-state index contributed by atoms with van der Waals surface area (Å²) in [4.78, 5) is 4.23. The van der Waals surface area contributed by atoms with Crippen molar-refractivity contribution in [3.63, 3.8) is 0 Å². The number of nitrogens with zero attached hydrogens (tertiary/aromatic N) is 2. The fraction of sp³-hybridized carbons (Fsp3) is 0.143. The first-order chi connectivity index (χ1) is 8.31. The molecule has 1 N–H and O–H groups in total. The van der Waals surface area contributed by atoms with Gasteiger partial charge in [0.05, 0.1) is 23.5 Å². The maximum atomic E-state index is 9.09. The van der Waals surface area contributed by atoms with Crippen molar-refractivity contribution in [2.45, 2.75) is 13.5 Å². The SMILES string of the molecule is Cc1cccc(NCc2ccccn2)c1C#N. The molecule has 0 radical (unpaired) electrons. The molecule has 0 bridgehead atoms. The Kier molecular flexibility index (Phi) is 3.37. The van der Waals surface area contributed by atoms with Gasteiger partial charge in [-0.15, -0.1) is 0 Å². The lowest BCUT2D eigenvalue weighted by Gasteiger charge is -2.09. The summed E-state index contributed by atoms with van der Waals surface area (Å²) < 4.78 is 0. The van der Waals surface area contributed by atoms with Gasteiger partial charge in [-0.1, -0.05) is 18.2 Å². The summed E-state index contributed by atoms with van der Waals surface area (Å²) >= 11 is 0. The number of benzene rings is 1. The fourth-order valence-corrected chi connectivity index (χ4v) is 1.65. The predicted molar refractivity (Wildman–Crippen MR) is 67.5 cm³/mol. The van der Waals surface area contributed by atoms with Crippen molar-refractivity contribution < 1.29 is 0 Å². The van der Waals surface area contributed by atoms with Crippen LogP contribution in [0.4, 0.5) is 5.69 Å². The normalized spacial score (nSPS) is 9.65. The van der Waals surface area contributed by atoms with Gasteiger partial charge in [0.15, 0.2) is 0 Å². The molecule has 0 aliphatic rings. The van der Waals surface area contributed by atoms with E-state index in [0.29, 0.717) is 12.1 Å². The molecule has 2 aromatic rings. The van der Waals surface area contributed by atoms with Crippen LogP contribution in [0.2, 0.25) is 0 Å². The molecule has 1 aromatic carbocycles. The molecule has 0 unspecified atom stereocenters. The second-order valence-corrected chi connectivity index (χ2v) is 3.78. The first kappa shape index (κ1) is 11.2. The van der Waals surface area contributed by atoms with Gasteiger partial charge < -0.3 is 5.32 Å². The van der Waals surface area contributed by atoms with Gasteiger partial charge in [0, 0.05) is 6.20 Å². The third kappa shape index (κ3) is 2.61. The van der Waals surface area contributed by atoms with Crippen molar-refractivity contribution in [1.82, 2.24) is 4.98 Å². The topological polar surface area (TPSA) is 48.7 Å². The number of anilines is 1. The fourth-order valence-electron chi connectivity index (χ4n) is 1.65. The summed E-state index contributed by atoms with van der Waals surface area (Å²) in [6, 6.07) is 13.8. The van der Waals surface area contributed by atoms with Gasteiger partial charge in [0.25, 0.3) is 0 Å². The van der Waals surface area contributed by atoms with Crippen molar-refractivity contribution in [3.05, 3.63) is 59.4 Å². The van der Waals surface area contributed by atoms with E-state index in [-0.39, 0.29) is 0 Å². The molecule has 0 saturated carbocycles. The van der Waals surface area contributed by atoms with E-state index in [9.17, 15) is 0 Å². The van der Waals surface area contributed by atoms with Gasteiger partial charge in [-0.25, -0.2) is 0 Å². The molecular weight excluding hydrogens is 210 g/mol. The van der Waals surface area contributed by atoms with Crippen molar-refractivity contribution in [1.29, 1.82) is 5.26 Å². The Morgan fingerprint density at radius 2 is 2.12 bits per heavy atom. The molecular formula is C14H13N3. The van der Waals surface area contributed by atoms with E-state index in [0.717, 1.165) is 16.9 Å². The molecule has 0 atom stereocenters. The van der Waals surface area contributed by atoms with Gasteiger partial charge in [-0.05, 0) is 30.7 Å². The van der Waals surface area contributed by atoms with Crippen LogP contribution >= 0.6 is 0 Å². The standard InChI is InChI=1S/C14H13N3/c1-11-5-4-7-14(13(11)9-15)17-10-12-6-2-3-8-16-12/h2-8,17H,10H2,1H3. The van der Waals surface area contributed by atoms with Crippen molar-refractivity contribution in [2.24, 2.45) is 0 Å². The first-order valence-corrected chi connectivity index (χ1v) is 5.45. The summed E-state index contributed by atoms with van der Waals surface area (Å²) in [7, 11) is 0. The summed E-state index contributed by atoms with van der Waals surface area (Å²) in [5.41, 5.74) is 3.50. The number of nitrogens with one attached hydrogen (secondary N) is 1. The minimum atomic E-state index is 0.624. The molecule has 2 rings (SSSR count). The number of pyridine rings is 1. The highest BCUT2D eigenvalue weighted by molar-refractivity contribution is 5.60. The maximum Gasteiger partial charge on any atom is 0.102 e. The smallest absolute Gasteiger partial charge is 0.102 e. The van der Waals surface area contributed by atoms with Gasteiger partial charge in [-0.2, -0.15) is 5.26 Å². The second-order valence-electron chi connectivity index (χ2n) is 3.78. The number of rotatable bonds is 3. The average Bonchev–Trinajstić information content (AvgIpc) is 2.37. The van der Waals surface area contributed by atoms with Crippen LogP contribution in [-0.2, 0) is 6.54 Å². The summed E-state index contributed by atoms with van der Waals surface area (Å²) in [5, 5.41) is 12.3. The molecule has 0 fully saturated rings. The van der Waals surface area contributed by atoms with E-state index >= 15 is 0 Å². The minimum Gasteiger partial charge on any atom is -0.378 e. The highest BCUT2D eigenvalue weighted by Gasteiger charge is 2.04. The molecule has 0 aliphatic carbocycles. The second kappa shape index (κ2) is 5.13. The van der Waals surface area contributed by atoms with Gasteiger partial charge in [0.2, 0.25) is 0 Å². The Morgan fingerprint density at radius 1 is 1.24 bits per heavy atom. The van der Waals surface area contributed by atoms with Gasteiger partial charge in [0.1, 0.15) is 6.07 Å². The molecule has 0 spiro atoms. The summed E-state index contributed by atoms with van der Waals surface area (Å²) in [6.07, 6.45) is 1.76. The number of nitriles is 1. The lowest BCUT2D eigenvalue weighted by Crippen LogP contribution is -2.03. The van der Waals surface area contributed by atoms with Crippen LogP contribution in [0.5, 0.6) is 0 Å². The van der Waals surface area contributed by atoms with Crippen LogP contribution in [0.3, 0.4) is 0 Å². The minimum absolute atomic E-state index is 0.624. The Balaban J connectivity index is 2.15. The van der Waals surface area contributed by atoms with Crippen LogP contribution in [0.15, 0.2) is 42.6 Å². The Labute approximate surface area is 101 Å². The van der Waals surface area contributed by atoms with Crippen LogP contribution in [0.1, 0.15) is 16.8 Å². The van der Waals surface area contributed by atoms with E-state index in [1.807, 2.05) is 43.3 Å². The van der Waals surface area contributed by atoms with Crippen molar-refractivity contribution in [2.75, 3.05) is 5.32 Å². The molecule has 3 nitrogen and oxygen atoms in total. The number of hydrogen-bond acceptors (Lipinski definition) is 3. The van der Waals surface area contributed by atoms with Gasteiger partial charge in [-0.3, -0.25) is 4.98 Å². The Bertz CT molecular complexity index is 541. The number of hydrogen-bond donors (Lipinski definition) is 1. The Morgan fingerprint density at radius 3 is 2.82 bits per heavy atom. The number of aryl methyl sites for hydroxylation is 1. The van der Waals surface area contributed by atoms with Crippen LogP contribution < -0.4 is 5.32 Å². The molecule has 84 valence electrons. The van der Waals surface area contributed by atoms with Crippen LogP contribution in [0, 0.1) is 18.3 Å². The summed E-state index contributed by atoms with van der Waals surface area (Å²) in [5.74, 6) is 0. The largest absolute Gasteiger partial charge is 0.378 e. The van der Waals surface area contributed by atoms with E-state index < -0.39 is 0 Å². The quantitative estimate of drug-likeness (QED) is 0.870. The predicted octanol–water partition coefficient (Wildman–Crippen LogP) is 2.87. The zero-order chi connectivity index (χ0) is 12.1. The van der Waals surface area contributed by atoms with Crippen LogP contribution in [-0.4, -0.2) is 4.98 Å². The zero-order valence-electron chi connectivity index (χ0n) is 9.64. The molecule has 0 saturated heterocycles. The Hall–Kier alpha value is -2.34. The molecule has 1 aromatic heterocycles. The lowest BCUT2D eigenvalue weighted by atomic mass is 10.1. The maximum absolute atomic E-state index is 9.09. The highest BCUT2D eigenvalue weighted by atomic mass is 14.9. The third-order valence-electron chi connectivity index (χ3n) is 2.57. The third-order valence-corrected chi connectivity index (χ3v) is 2.57. The molecule has 0 aliphatic heterocycles. The molecule has 17 heavy (non-hydrogen) atoms. The zero-order valence-corrected chi connectivity index (χ0v) is 9.64. The van der Waals surface area contributed by atoms with E-state index in [4.69, 9.17) is 5.26 Å². The van der Waals surface area contributed by atoms with E-state index in [1.165, 1.54) is 0 Å². The number of aromatic nitrogens is 1. The van der Waals surface area contributed by atoms with Gasteiger partial charge >= 0.3 is 0 Å². The molecule has 1 heterocycles. The van der Waals surface area contributed by atoms with Crippen molar-refractivity contribution in [3.8, 4) is 6.07 Å². The molecule has 0 amide bonds. The first-order valence-electron chi connectivity index (χ1n) is 5.45. The lowest BCUT2D eigenvalue weighted by molar-refractivity contribution is 1.04. The van der Waals surface area contributed by atoms with E-state index in [1.54, 1.807) is 6.20 Å². The van der Waals surface area contributed by atoms with Crippen LogP contribution in [0.25, 0.3) is 0 Å². The molecule has 3 heteroatoms. The highest BCUT2D eigenvalue weighted by Crippen LogP contribution is 2.18. The average molecular weight is 223 g/mol. The monoisotopic (exact) mass is 223 g/mol. The van der Waals surface area contributed by atoms with E-state index in [2.05, 4.69) is 16.4 Å². The van der Waals surface area contributed by atoms with Crippen molar-refractivity contribution >= 4 is 5.69 Å². The summed E-state index contributed by atoms with van der Waals surface area (Å²) in [6.45, 7) is 2.56.